The molecule has 89 valence electrons. The number of rotatable bonds is 1. The van der Waals surface area contributed by atoms with Crippen molar-refractivity contribution in [3.63, 3.8) is 0 Å². The second-order valence-electron chi connectivity index (χ2n) is 4.75. The highest BCUT2D eigenvalue weighted by atomic mass is 16.1. The van der Waals surface area contributed by atoms with E-state index in [4.69, 9.17) is 5.73 Å². The Labute approximate surface area is 109 Å². The zero-order chi connectivity index (χ0) is 13.0. The van der Waals surface area contributed by atoms with Gasteiger partial charge in [0.1, 0.15) is 0 Å². The summed E-state index contributed by atoms with van der Waals surface area (Å²) in [7, 11) is 0. The van der Waals surface area contributed by atoms with Gasteiger partial charge in [-0.15, -0.1) is 0 Å². The Morgan fingerprint density at radius 2 is 1.84 bits per heavy atom. The number of benzene rings is 4. The summed E-state index contributed by atoms with van der Waals surface area (Å²) < 4.78 is 0. The Morgan fingerprint density at radius 1 is 1.00 bits per heavy atom. The number of carbonyl (C=O) groups is 1. The fraction of sp³-hybridized carbons (Fsp3) is 0. The van der Waals surface area contributed by atoms with Crippen LogP contribution in [0.2, 0.25) is 0 Å². The van der Waals surface area contributed by atoms with Gasteiger partial charge in [-0.1, -0.05) is 42.5 Å². The smallest absolute Gasteiger partial charge is 0.249 e. The molecule has 0 aliphatic rings. The van der Waals surface area contributed by atoms with Gasteiger partial charge in [-0.25, -0.2) is 0 Å². The molecule has 0 unspecified atom stereocenters. The highest BCUT2D eigenvalue weighted by molar-refractivity contribution is 6.27. The summed E-state index contributed by atoms with van der Waals surface area (Å²) in [6, 6.07) is 19.1. The number of carbonyl (C=O) groups excluding carboxylic acids is 1. The van der Waals surface area contributed by atoms with E-state index in [-0.39, 0.29) is 5.91 Å². The first-order valence-corrected chi connectivity index (χ1v) is 6.14. The predicted octanol–water partition coefficient (Wildman–Crippen LogP) is 3.48. The minimum atomic E-state index is -0.390. The van der Waals surface area contributed by atoms with Crippen LogP contribution in [0.15, 0.2) is 48.5 Å². The Morgan fingerprint density at radius 3 is 2.68 bits per heavy atom. The molecule has 0 heterocycles. The molecule has 0 atom stereocenters. The zero-order valence-corrected chi connectivity index (χ0v) is 10.1. The van der Waals surface area contributed by atoms with E-state index in [1.807, 2.05) is 36.4 Å². The quantitative estimate of drug-likeness (QED) is 0.512. The lowest BCUT2D eigenvalue weighted by Gasteiger charge is -2.12. The van der Waals surface area contributed by atoms with Gasteiger partial charge in [-0.3, -0.25) is 4.79 Å². The fourth-order valence-corrected chi connectivity index (χ4v) is 2.89. The number of nitrogens with two attached hydrogens (primary N) is 1. The zero-order valence-electron chi connectivity index (χ0n) is 10.1. The van der Waals surface area contributed by atoms with E-state index in [1.165, 1.54) is 10.8 Å². The topological polar surface area (TPSA) is 43.1 Å². The molecule has 19 heavy (non-hydrogen) atoms. The molecule has 2 heteroatoms. The summed E-state index contributed by atoms with van der Waals surface area (Å²) in [5.41, 5.74) is 6.08. The molecule has 0 aliphatic heterocycles. The lowest BCUT2D eigenvalue weighted by molar-refractivity contribution is 0.100. The minimum absolute atomic E-state index is 0.390. The number of hydrogen-bond acceptors (Lipinski definition) is 1. The van der Waals surface area contributed by atoms with Crippen LogP contribution in [-0.4, -0.2) is 5.91 Å². The van der Waals surface area contributed by atoms with Crippen molar-refractivity contribution in [3.8, 4) is 0 Å². The van der Waals surface area contributed by atoms with Crippen molar-refractivity contribution in [2.24, 2.45) is 5.73 Å². The average molecular weight is 244 g/mol. The SMILES string of the molecule is NC(=O)c1cc2cccc3ccc4[c]ccc1c4c32. The molecule has 2 nitrogen and oxygen atoms in total. The molecule has 0 fully saturated rings. The van der Waals surface area contributed by atoms with Crippen LogP contribution in [0.1, 0.15) is 10.4 Å². The molecule has 0 bridgehead atoms. The van der Waals surface area contributed by atoms with E-state index >= 15 is 0 Å². The maximum Gasteiger partial charge on any atom is 0.249 e. The van der Waals surface area contributed by atoms with E-state index in [0.29, 0.717) is 5.56 Å². The number of amides is 1. The molecule has 0 aromatic heterocycles. The maximum absolute atomic E-state index is 11.7. The average Bonchev–Trinajstić information content (AvgIpc) is 2.44. The summed E-state index contributed by atoms with van der Waals surface area (Å²) >= 11 is 0. The van der Waals surface area contributed by atoms with Gasteiger partial charge >= 0.3 is 0 Å². The van der Waals surface area contributed by atoms with Crippen molar-refractivity contribution in [3.05, 3.63) is 60.2 Å². The van der Waals surface area contributed by atoms with Gasteiger partial charge in [0.25, 0.3) is 0 Å². The van der Waals surface area contributed by atoms with Crippen LogP contribution in [0.3, 0.4) is 0 Å². The van der Waals surface area contributed by atoms with Crippen LogP contribution in [0.25, 0.3) is 32.3 Å². The Balaban J connectivity index is 2.42. The summed E-state index contributed by atoms with van der Waals surface area (Å²) in [5.74, 6) is -0.390. The van der Waals surface area contributed by atoms with Gasteiger partial charge in [0, 0.05) is 5.56 Å². The van der Waals surface area contributed by atoms with E-state index in [9.17, 15) is 4.79 Å². The predicted molar refractivity (Wildman–Crippen MR) is 77.5 cm³/mol. The first kappa shape index (κ1) is 10.3. The lowest BCUT2D eigenvalue weighted by Crippen LogP contribution is -2.11. The first-order valence-electron chi connectivity index (χ1n) is 6.14. The first-order chi connectivity index (χ1) is 9.25. The normalized spacial score (nSPS) is 11.6. The molecule has 1 radical (unpaired) electrons. The molecule has 4 aromatic carbocycles. The maximum atomic E-state index is 11.7. The van der Waals surface area contributed by atoms with Crippen LogP contribution in [0.5, 0.6) is 0 Å². The molecular weight excluding hydrogens is 234 g/mol. The second-order valence-corrected chi connectivity index (χ2v) is 4.75. The van der Waals surface area contributed by atoms with E-state index in [1.54, 1.807) is 0 Å². The molecule has 0 spiro atoms. The van der Waals surface area contributed by atoms with Gasteiger partial charge in [0.05, 0.1) is 0 Å². The minimum Gasteiger partial charge on any atom is -0.366 e. The van der Waals surface area contributed by atoms with Crippen molar-refractivity contribution in [2.45, 2.75) is 0 Å². The van der Waals surface area contributed by atoms with Gasteiger partial charge < -0.3 is 5.73 Å². The summed E-state index contributed by atoms with van der Waals surface area (Å²) in [6.07, 6.45) is 0. The fourth-order valence-electron chi connectivity index (χ4n) is 2.89. The standard InChI is InChI=1S/C17H10NO/c18-17(19)14-9-12-5-1-3-10-7-8-11-4-2-6-13(14)16(11)15(10)12/h1-3,5-9H,(H2,18,19). The molecule has 1 amide bonds. The van der Waals surface area contributed by atoms with E-state index in [2.05, 4.69) is 18.2 Å². The molecule has 4 rings (SSSR count). The summed E-state index contributed by atoms with van der Waals surface area (Å²) in [4.78, 5) is 11.7. The Kier molecular flexibility index (Phi) is 1.88. The van der Waals surface area contributed by atoms with Crippen LogP contribution in [0, 0.1) is 6.07 Å². The van der Waals surface area contributed by atoms with E-state index in [0.717, 1.165) is 21.5 Å². The van der Waals surface area contributed by atoms with Crippen LogP contribution in [-0.2, 0) is 0 Å². The lowest BCUT2D eigenvalue weighted by atomic mass is 9.91. The van der Waals surface area contributed by atoms with Crippen molar-refractivity contribution >= 4 is 38.2 Å². The van der Waals surface area contributed by atoms with E-state index < -0.39 is 0 Å². The van der Waals surface area contributed by atoms with Gasteiger partial charge in [-0.2, -0.15) is 0 Å². The summed E-state index contributed by atoms with van der Waals surface area (Å²) in [5, 5.41) is 6.40. The molecule has 4 aromatic rings. The van der Waals surface area contributed by atoms with Crippen LogP contribution < -0.4 is 5.73 Å². The van der Waals surface area contributed by atoms with Crippen molar-refractivity contribution in [1.82, 2.24) is 0 Å². The van der Waals surface area contributed by atoms with Crippen LogP contribution in [0.4, 0.5) is 0 Å². The van der Waals surface area contributed by atoms with Crippen molar-refractivity contribution < 1.29 is 4.79 Å². The molecular formula is C17H10NO. The monoisotopic (exact) mass is 244 g/mol. The van der Waals surface area contributed by atoms with Crippen molar-refractivity contribution in [2.75, 3.05) is 0 Å². The highest BCUT2D eigenvalue weighted by Crippen LogP contribution is 2.35. The van der Waals surface area contributed by atoms with Gasteiger partial charge in [-0.05, 0) is 44.5 Å². The molecule has 0 saturated carbocycles. The summed E-state index contributed by atoms with van der Waals surface area (Å²) in [6.45, 7) is 0. The van der Waals surface area contributed by atoms with Crippen LogP contribution >= 0.6 is 0 Å². The highest BCUT2D eigenvalue weighted by Gasteiger charge is 2.13. The Hall–Kier alpha value is -2.61. The number of primary amides is 1. The Bertz CT molecular complexity index is 940. The second kappa shape index (κ2) is 3.45. The third-order valence-corrected chi connectivity index (χ3v) is 3.69. The largest absolute Gasteiger partial charge is 0.366 e. The third kappa shape index (κ3) is 1.28. The van der Waals surface area contributed by atoms with Crippen molar-refractivity contribution in [1.29, 1.82) is 0 Å². The van der Waals surface area contributed by atoms with Gasteiger partial charge in [0.15, 0.2) is 0 Å². The third-order valence-electron chi connectivity index (χ3n) is 3.69. The molecule has 0 aliphatic carbocycles. The molecule has 2 N–H and O–H groups in total. The van der Waals surface area contributed by atoms with Gasteiger partial charge in [0.2, 0.25) is 5.91 Å². The molecule has 0 saturated heterocycles. The number of hydrogen-bond donors (Lipinski definition) is 1.